The molecule has 0 fully saturated rings. The molecule has 5 heteroatoms. The summed E-state index contributed by atoms with van der Waals surface area (Å²) in [7, 11) is 2.68. The Balaban J connectivity index is 0.000000318. The first-order chi connectivity index (χ1) is 8.14. The molecule has 0 aliphatic heterocycles. The quantitative estimate of drug-likeness (QED) is 0.650. The highest BCUT2D eigenvalue weighted by atomic mass is 28.4. The molecule has 0 spiro atoms. The average molecular weight is 257 g/mol. The van der Waals surface area contributed by atoms with Crippen molar-refractivity contribution in [3.8, 4) is 0 Å². The Morgan fingerprint density at radius 2 is 1.47 bits per heavy atom. The van der Waals surface area contributed by atoms with E-state index in [0.717, 1.165) is 18.2 Å². The maximum absolute atomic E-state index is 5.36. The highest BCUT2D eigenvalue weighted by Gasteiger charge is 2.36. The molecule has 17 heavy (non-hydrogen) atoms. The van der Waals surface area contributed by atoms with Crippen LogP contribution >= 0.6 is 0 Å². The van der Waals surface area contributed by atoms with E-state index in [-0.39, 0.29) is 0 Å². The third kappa shape index (κ3) is 6.43. The maximum atomic E-state index is 5.36. The monoisotopic (exact) mass is 257 g/mol. The zero-order chi connectivity index (χ0) is 13.1. The predicted molar refractivity (Wildman–Crippen MR) is 72.7 cm³/mol. The fourth-order valence-corrected chi connectivity index (χ4v) is 3.04. The van der Waals surface area contributed by atoms with Crippen LogP contribution in [0.15, 0.2) is 30.3 Å². The molecule has 1 aromatic rings. The van der Waals surface area contributed by atoms with Crippen LogP contribution in [0.1, 0.15) is 13.3 Å². The number of hydrogen-bond donors (Lipinski definition) is 1. The van der Waals surface area contributed by atoms with Crippen molar-refractivity contribution in [3.05, 3.63) is 30.3 Å². The number of hydrogen-bond acceptors (Lipinski definition) is 4. The van der Waals surface area contributed by atoms with Gasteiger partial charge in [0.2, 0.25) is 0 Å². The highest BCUT2D eigenvalue weighted by Crippen LogP contribution is 2.13. The topological polar surface area (TPSA) is 53.7 Å². The van der Waals surface area contributed by atoms with Crippen LogP contribution in [0, 0.1) is 0 Å². The third-order valence-corrected chi connectivity index (χ3v) is 5.27. The van der Waals surface area contributed by atoms with Crippen molar-refractivity contribution in [2.24, 2.45) is 0 Å². The van der Waals surface area contributed by atoms with Crippen molar-refractivity contribution in [1.29, 1.82) is 0 Å². The van der Waals surface area contributed by atoms with Gasteiger partial charge < -0.3 is 19.0 Å². The lowest BCUT2D eigenvalue weighted by Crippen LogP contribution is -2.42. The largest absolute Gasteiger partial charge is 0.500 e. The van der Waals surface area contributed by atoms with Crippen LogP contribution in [-0.4, -0.2) is 30.1 Å². The second kappa shape index (κ2) is 9.18. The normalized spacial score (nSPS) is 10.6. The van der Waals surface area contributed by atoms with Crippen LogP contribution < -0.4 is 5.73 Å². The van der Waals surface area contributed by atoms with Crippen LogP contribution in [0.3, 0.4) is 0 Å². The summed E-state index contributed by atoms with van der Waals surface area (Å²) in [6, 6.07) is 10.4. The van der Waals surface area contributed by atoms with Crippen LogP contribution in [-0.2, 0) is 13.3 Å². The van der Waals surface area contributed by atoms with Gasteiger partial charge in [-0.1, -0.05) is 31.5 Å². The summed E-state index contributed by atoms with van der Waals surface area (Å²) in [6.45, 7) is 2.08. The van der Waals surface area contributed by atoms with Gasteiger partial charge in [-0.25, -0.2) is 0 Å². The molecule has 0 saturated heterocycles. The Kier molecular flexibility index (Phi) is 8.70. The van der Waals surface area contributed by atoms with Gasteiger partial charge in [-0.15, -0.1) is 0 Å². The number of rotatable bonds is 5. The van der Waals surface area contributed by atoms with Crippen LogP contribution in [0.5, 0.6) is 0 Å². The second-order valence-electron chi connectivity index (χ2n) is 3.46. The first kappa shape index (κ1) is 16.1. The van der Waals surface area contributed by atoms with Gasteiger partial charge in [0.05, 0.1) is 0 Å². The van der Waals surface area contributed by atoms with Crippen molar-refractivity contribution in [3.63, 3.8) is 0 Å². The van der Waals surface area contributed by atoms with Gasteiger partial charge in [0.15, 0.2) is 0 Å². The van der Waals surface area contributed by atoms with E-state index in [1.807, 2.05) is 30.3 Å². The molecule has 0 aliphatic rings. The van der Waals surface area contributed by atoms with E-state index in [1.54, 1.807) is 21.3 Å². The fourth-order valence-electron chi connectivity index (χ4n) is 1.32. The average Bonchev–Trinajstić information content (AvgIpc) is 2.38. The van der Waals surface area contributed by atoms with Crippen LogP contribution in [0.2, 0.25) is 6.04 Å². The van der Waals surface area contributed by atoms with Gasteiger partial charge in [-0.2, -0.15) is 0 Å². The molecule has 4 nitrogen and oxygen atoms in total. The summed E-state index contributed by atoms with van der Waals surface area (Å²) >= 11 is 0. The predicted octanol–water partition coefficient (Wildman–Crippen LogP) is 2.54. The Morgan fingerprint density at radius 3 is 1.65 bits per heavy atom. The second-order valence-corrected chi connectivity index (χ2v) is 6.55. The summed E-state index contributed by atoms with van der Waals surface area (Å²) in [5, 5.41) is 0. The van der Waals surface area contributed by atoms with Crippen LogP contribution in [0.4, 0.5) is 5.69 Å². The zero-order valence-electron chi connectivity index (χ0n) is 11.1. The Labute approximate surface area is 105 Å². The first-order valence-electron chi connectivity index (χ1n) is 5.60. The maximum Gasteiger partial charge on any atom is 0.500 e. The minimum Gasteiger partial charge on any atom is -0.399 e. The SMILES string of the molecule is CCC[Si](OC)(OC)OC.Nc1ccccc1. The third-order valence-electron chi connectivity index (χ3n) is 2.29. The van der Waals surface area contributed by atoms with Crippen molar-refractivity contribution in [2.45, 2.75) is 19.4 Å². The molecule has 0 radical (unpaired) electrons. The van der Waals surface area contributed by atoms with E-state index in [2.05, 4.69) is 6.92 Å². The van der Waals surface area contributed by atoms with Gasteiger partial charge in [-0.3, -0.25) is 0 Å². The summed E-state index contributed by atoms with van der Waals surface area (Å²) in [4.78, 5) is 0. The van der Waals surface area contributed by atoms with Gasteiger partial charge in [0, 0.05) is 33.1 Å². The summed E-state index contributed by atoms with van der Waals surface area (Å²) in [5.74, 6) is 0. The van der Waals surface area contributed by atoms with E-state index in [0.29, 0.717) is 0 Å². The van der Waals surface area contributed by atoms with Crippen molar-refractivity contribution in [1.82, 2.24) is 0 Å². The first-order valence-corrected chi connectivity index (χ1v) is 7.53. The van der Waals surface area contributed by atoms with Gasteiger partial charge in [0.25, 0.3) is 0 Å². The van der Waals surface area contributed by atoms with E-state index in [1.165, 1.54) is 0 Å². The Bertz CT molecular complexity index is 270. The van der Waals surface area contributed by atoms with Crippen molar-refractivity contribution in [2.75, 3.05) is 27.1 Å². The van der Waals surface area contributed by atoms with E-state index >= 15 is 0 Å². The molecule has 1 rings (SSSR count). The molecule has 0 aromatic heterocycles. The minimum atomic E-state index is -2.22. The smallest absolute Gasteiger partial charge is 0.399 e. The molecule has 0 heterocycles. The number of benzene rings is 1. The molecule has 0 aliphatic carbocycles. The summed E-state index contributed by atoms with van der Waals surface area (Å²) in [6.07, 6.45) is 1.03. The molecule has 0 bridgehead atoms. The lowest BCUT2D eigenvalue weighted by Gasteiger charge is -2.23. The van der Waals surface area contributed by atoms with E-state index in [4.69, 9.17) is 19.0 Å². The highest BCUT2D eigenvalue weighted by molar-refractivity contribution is 6.60. The van der Waals surface area contributed by atoms with Crippen molar-refractivity contribution >= 4 is 14.5 Å². The standard InChI is InChI=1S/C6H7N.C6H16O3Si/c7-6-4-2-1-3-5-6;1-5-6-10(7-2,8-3)9-4/h1-5H,7H2;5-6H2,1-4H3. The van der Waals surface area contributed by atoms with E-state index < -0.39 is 8.80 Å². The molecule has 0 saturated carbocycles. The zero-order valence-corrected chi connectivity index (χ0v) is 12.1. The van der Waals surface area contributed by atoms with Crippen molar-refractivity contribution < 1.29 is 13.3 Å². The summed E-state index contributed by atoms with van der Waals surface area (Å²) < 4.78 is 15.5. The molecule has 0 unspecified atom stereocenters. The fraction of sp³-hybridized carbons (Fsp3) is 0.500. The minimum absolute atomic E-state index is 0.822. The lowest BCUT2D eigenvalue weighted by molar-refractivity contribution is 0.123. The lowest BCUT2D eigenvalue weighted by atomic mass is 10.3. The molecule has 2 N–H and O–H groups in total. The molecule has 1 aromatic carbocycles. The van der Waals surface area contributed by atoms with Gasteiger partial charge in [0.1, 0.15) is 0 Å². The van der Waals surface area contributed by atoms with Crippen LogP contribution in [0.25, 0.3) is 0 Å². The molecule has 0 amide bonds. The van der Waals surface area contributed by atoms with E-state index in [9.17, 15) is 0 Å². The molecule has 98 valence electrons. The Morgan fingerprint density at radius 1 is 1.00 bits per heavy atom. The number of para-hydroxylation sites is 1. The molecule has 0 atom stereocenters. The molecular formula is C12H23NO3Si. The van der Waals surface area contributed by atoms with Gasteiger partial charge in [-0.05, 0) is 12.1 Å². The number of nitrogens with two attached hydrogens (primary N) is 1. The Hall–Kier alpha value is -0.883. The number of anilines is 1. The summed E-state index contributed by atoms with van der Waals surface area (Å²) in [5.41, 5.74) is 6.18. The number of nitrogen functional groups attached to an aromatic ring is 1. The van der Waals surface area contributed by atoms with Gasteiger partial charge >= 0.3 is 8.80 Å². The molecular weight excluding hydrogens is 234 g/mol.